The van der Waals surface area contributed by atoms with E-state index in [4.69, 9.17) is 9.15 Å². The lowest BCUT2D eigenvalue weighted by Gasteiger charge is -2.11. The number of benzene rings is 2. The molecule has 1 aliphatic rings. The zero-order chi connectivity index (χ0) is 17.7. The Kier molecular flexibility index (Phi) is 3.15. The Balaban J connectivity index is 1.54. The largest absolute Gasteiger partial charge is 0.438 e. The van der Waals surface area contributed by atoms with Crippen LogP contribution < -0.4 is 14.2 Å². The first kappa shape index (κ1) is 14.8. The molecule has 2 aromatic heterocycles. The van der Waals surface area contributed by atoms with E-state index < -0.39 is 0 Å². The van der Waals surface area contributed by atoms with Crippen molar-refractivity contribution in [1.29, 1.82) is 0 Å². The van der Waals surface area contributed by atoms with Gasteiger partial charge in [-0.25, -0.2) is 0 Å². The molecule has 0 amide bonds. The van der Waals surface area contributed by atoms with Crippen LogP contribution >= 0.6 is 0 Å². The number of fused-ring (bicyclic) bond motifs is 2. The maximum absolute atomic E-state index is 6.05. The van der Waals surface area contributed by atoms with Crippen LogP contribution in [0.15, 0.2) is 77.3 Å². The smallest absolute Gasteiger partial charge is 0.379 e. The molecule has 0 bridgehead atoms. The van der Waals surface area contributed by atoms with Crippen LogP contribution in [0.25, 0.3) is 22.9 Å². The summed E-state index contributed by atoms with van der Waals surface area (Å²) in [5.74, 6) is 2.32. The van der Waals surface area contributed by atoms with Crippen LogP contribution in [-0.2, 0) is 7.05 Å². The number of anilines is 1. The van der Waals surface area contributed by atoms with Crippen molar-refractivity contribution in [2.75, 3.05) is 11.9 Å². The lowest BCUT2D eigenvalue weighted by Crippen LogP contribution is -2.29. The molecule has 1 aliphatic heterocycles. The van der Waals surface area contributed by atoms with Gasteiger partial charge in [-0.2, -0.15) is 4.57 Å². The Labute approximate surface area is 151 Å². The van der Waals surface area contributed by atoms with E-state index in [-0.39, 0.29) is 0 Å². The maximum Gasteiger partial charge on any atom is 0.379 e. The number of hydrogen-bond donors (Lipinski definition) is 0. The molecular weight excluding hydrogens is 326 g/mol. The predicted octanol–water partition coefficient (Wildman–Crippen LogP) is 3.88. The standard InChI is InChI=1S/C21H18N3O2/c1-22-16-7-3-4-8-18(16)25-20(22)14-21-23(2)17-13-15(9-10-19(17)26-21)24-11-5-6-12-24/h3-14H,1-2H3/q+1. The van der Waals surface area contributed by atoms with Gasteiger partial charge < -0.3 is 18.6 Å². The highest BCUT2D eigenvalue weighted by Crippen LogP contribution is 2.39. The molecule has 3 heterocycles. The van der Waals surface area contributed by atoms with E-state index in [0.717, 1.165) is 40.0 Å². The summed E-state index contributed by atoms with van der Waals surface area (Å²) >= 11 is 0. The SMILES string of the molecule is CN1C(=Cc2oc3ccccc3[n+]2C)Oc2ccc(-n3cccc3)cc21. The van der Waals surface area contributed by atoms with Crippen molar-refractivity contribution in [3.8, 4) is 11.4 Å². The fourth-order valence-electron chi connectivity index (χ4n) is 3.30. The molecule has 0 saturated heterocycles. The van der Waals surface area contributed by atoms with E-state index >= 15 is 0 Å². The molecular formula is C21H18N3O2+. The van der Waals surface area contributed by atoms with Gasteiger partial charge in [-0.15, -0.1) is 0 Å². The highest BCUT2D eigenvalue weighted by molar-refractivity contribution is 5.73. The normalized spacial score (nSPS) is 14.8. The molecule has 0 aliphatic carbocycles. The zero-order valence-corrected chi connectivity index (χ0v) is 14.6. The predicted molar refractivity (Wildman–Crippen MR) is 100 cm³/mol. The highest BCUT2D eigenvalue weighted by atomic mass is 16.5. The minimum atomic E-state index is 0.735. The van der Waals surface area contributed by atoms with Gasteiger partial charge in [-0.05, 0) is 36.4 Å². The molecule has 5 heteroatoms. The quantitative estimate of drug-likeness (QED) is 0.518. The number of aromatic nitrogens is 2. The average Bonchev–Trinajstić information content (AvgIpc) is 3.36. The molecule has 0 fully saturated rings. The average molecular weight is 344 g/mol. The first-order valence-electron chi connectivity index (χ1n) is 8.49. The number of rotatable bonds is 2. The van der Waals surface area contributed by atoms with E-state index in [1.54, 1.807) is 0 Å². The fourth-order valence-corrected chi connectivity index (χ4v) is 3.30. The van der Waals surface area contributed by atoms with Crippen molar-refractivity contribution < 1.29 is 13.7 Å². The third-order valence-electron chi connectivity index (χ3n) is 4.77. The van der Waals surface area contributed by atoms with Gasteiger partial charge in [0.15, 0.2) is 5.75 Å². The van der Waals surface area contributed by atoms with Gasteiger partial charge in [0.1, 0.15) is 13.1 Å². The van der Waals surface area contributed by atoms with Crippen LogP contribution in [0.3, 0.4) is 0 Å². The molecule has 0 radical (unpaired) electrons. The maximum atomic E-state index is 6.05. The number of nitrogens with zero attached hydrogens (tertiary/aromatic N) is 3. The first-order chi connectivity index (χ1) is 12.7. The lowest BCUT2D eigenvalue weighted by molar-refractivity contribution is -0.652. The van der Waals surface area contributed by atoms with Crippen LogP contribution in [0, 0.1) is 0 Å². The summed E-state index contributed by atoms with van der Waals surface area (Å²) in [5, 5.41) is 0. The summed E-state index contributed by atoms with van der Waals surface area (Å²) < 4.78 is 16.1. The lowest BCUT2D eigenvalue weighted by atomic mass is 10.2. The summed E-state index contributed by atoms with van der Waals surface area (Å²) in [6.07, 6.45) is 5.99. The second-order valence-corrected chi connectivity index (χ2v) is 6.35. The third-order valence-corrected chi connectivity index (χ3v) is 4.77. The van der Waals surface area contributed by atoms with Crippen molar-refractivity contribution in [1.82, 2.24) is 4.57 Å². The minimum absolute atomic E-state index is 0.735. The first-order valence-corrected chi connectivity index (χ1v) is 8.49. The monoisotopic (exact) mass is 344 g/mol. The van der Waals surface area contributed by atoms with Crippen LogP contribution in [0.1, 0.15) is 5.89 Å². The molecule has 0 atom stereocenters. The highest BCUT2D eigenvalue weighted by Gasteiger charge is 2.27. The summed E-state index contributed by atoms with van der Waals surface area (Å²) in [4.78, 5) is 2.04. The molecule has 0 unspecified atom stereocenters. The summed E-state index contributed by atoms with van der Waals surface area (Å²) in [5.41, 5.74) is 4.03. The van der Waals surface area contributed by atoms with Crippen molar-refractivity contribution in [3.05, 3.63) is 78.8 Å². The Morgan fingerprint density at radius 2 is 1.81 bits per heavy atom. The molecule has 4 aromatic rings. The van der Waals surface area contributed by atoms with E-state index in [1.807, 2.05) is 84.5 Å². The van der Waals surface area contributed by atoms with Gasteiger partial charge in [0.05, 0.1) is 5.69 Å². The van der Waals surface area contributed by atoms with Crippen LogP contribution in [-0.4, -0.2) is 11.6 Å². The van der Waals surface area contributed by atoms with Gasteiger partial charge in [0, 0.05) is 31.2 Å². The van der Waals surface area contributed by atoms with E-state index in [9.17, 15) is 0 Å². The Bertz CT molecular complexity index is 1140. The Morgan fingerprint density at radius 3 is 2.62 bits per heavy atom. The van der Waals surface area contributed by atoms with Gasteiger partial charge in [0.2, 0.25) is 11.5 Å². The van der Waals surface area contributed by atoms with Crippen molar-refractivity contribution in [2.24, 2.45) is 7.05 Å². The summed E-state index contributed by atoms with van der Waals surface area (Å²) in [6.45, 7) is 0. The van der Waals surface area contributed by atoms with Gasteiger partial charge in [-0.3, -0.25) is 0 Å². The second-order valence-electron chi connectivity index (χ2n) is 6.35. The molecule has 2 aromatic carbocycles. The van der Waals surface area contributed by atoms with Crippen molar-refractivity contribution in [2.45, 2.75) is 0 Å². The van der Waals surface area contributed by atoms with Crippen molar-refractivity contribution >= 4 is 22.9 Å². The molecule has 5 rings (SSSR count). The number of oxazole rings is 1. The van der Waals surface area contributed by atoms with Crippen LogP contribution in [0.2, 0.25) is 0 Å². The molecule has 26 heavy (non-hydrogen) atoms. The van der Waals surface area contributed by atoms with Crippen LogP contribution in [0.4, 0.5) is 5.69 Å². The Hall–Kier alpha value is -3.47. The van der Waals surface area contributed by atoms with Gasteiger partial charge in [-0.1, -0.05) is 12.1 Å². The van der Waals surface area contributed by atoms with E-state index in [2.05, 4.69) is 16.7 Å². The molecule has 0 spiro atoms. The molecule has 0 N–H and O–H groups in total. The summed E-state index contributed by atoms with van der Waals surface area (Å²) in [6, 6.07) is 18.2. The molecule has 5 nitrogen and oxygen atoms in total. The Morgan fingerprint density at radius 1 is 1.00 bits per heavy atom. The van der Waals surface area contributed by atoms with Gasteiger partial charge in [0.25, 0.3) is 5.52 Å². The fraction of sp³-hybridized carbons (Fsp3) is 0.0952. The topological polar surface area (TPSA) is 34.4 Å². The number of para-hydroxylation sites is 2. The summed E-state index contributed by atoms with van der Waals surface area (Å²) in [7, 11) is 3.99. The second kappa shape index (κ2) is 5.52. The van der Waals surface area contributed by atoms with E-state index in [0.29, 0.717) is 0 Å². The zero-order valence-electron chi connectivity index (χ0n) is 14.6. The number of aryl methyl sites for hydroxylation is 1. The number of ether oxygens (including phenoxy) is 1. The molecule has 128 valence electrons. The number of hydrogen-bond acceptors (Lipinski definition) is 3. The minimum Gasteiger partial charge on any atom is -0.438 e. The van der Waals surface area contributed by atoms with Crippen molar-refractivity contribution in [3.63, 3.8) is 0 Å². The van der Waals surface area contributed by atoms with E-state index in [1.165, 1.54) is 0 Å². The third kappa shape index (κ3) is 2.21. The van der Waals surface area contributed by atoms with Crippen LogP contribution in [0.5, 0.6) is 5.75 Å². The molecule has 0 saturated carbocycles. The van der Waals surface area contributed by atoms with Gasteiger partial charge >= 0.3 is 5.89 Å².